The molecule has 0 aromatic carbocycles. The quantitative estimate of drug-likeness (QED) is 0.680. The number of hydrogen-bond donors (Lipinski definition) is 2. The minimum Gasteiger partial charge on any atom is -0.461 e. The van der Waals surface area contributed by atoms with Crippen molar-refractivity contribution in [3.05, 3.63) is 18.4 Å². The second-order valence-corrected chi connectivity index (χ2v) is 8.01. The van der Waals surface area contributed by atoms with E-state index in [0.717, 1.165) is 19.3 Å². The van der Waals surface area contributed by atoms with Crippen molar-refractivity contribution in [2.24, 2.45) is 0 Å². The topological polar surface area (TPSA) is 102 Å². The lowest BCUT2D eigenvalue weighted by Crippen LogP contribution is -2.43. The minimum absolute atomic E-state index is 0.0192. The standard InChI is InChI=1S/C19H27N5O3S/c1-3-13(2)20-18(26)21-16(25)12-28-19-23-22-17(15-10-7-11-27-15)24(19)14-8-5-4-6-9-14/h7,10-11,13-14H,3-6,8-9,12H2,1-2H3,(H2,20,21,25,26)/t13-/m1/s1. The number of amides is 3. The SMILES string of the molecule is CC[C@@H](C)NC(=O)NC(=O)CSc1nnc(-c2ccco2)n1C1CCCCC1. The Bertz CT molecular complexity index is 784. The molecule has 1 saturated carbocycles. The molecule has 0 aliphatic heterocycles. The second kappa shape index (κ2) is 9.77. The largest absolute Gasteiger partial charge is 0.461 e. The average Bonchev–Trinajstić information content (AvgIpc) is 3.36. The normalized spacial score (nSPS) is 15.9. The maximum absolute atomic E-state index is 12.2. The highest BCUT2D eigenvalue weighted by molar-refractivity contribution is 7.99. The van der Waals surface area contributed by atoms with Gasteiger partial charge in [0.15, 0.2) is 10.9 Å². The number of rotatable bonds is 7. The smallest absolute Gasteiger partial charge is 0.321 e. The molecule has 0 saturated heterocycles. The predicted octanol–water partition coefficient (Wildman–Crippen LogP) is 3.76. The lowest BCUT2D eigenvalue weighted by atomic mass is 9.95. The summed E-state index contributed by atoms with van der Waals surface area (Å²) in [6.07, 6.45) is 8.11. The number of carbonyl (C=O) groups excluding carboxylic acids is 2. The van der Waals surface area contributed by atoms with Gasteiger partial charge in [0.05, 0.1) is 12.0 Å². The van der Waals surface area contributed by atoms with Crippen molar-refractivity contribution in [2.75, 3.05) is 5.75 Å². The first-order chi connectivity index (χ1) is 13.6. The zero-order valence-electron chi connectivity index (χ0n) is 16.3. The van der Waals surface area contributed by atoms with E-state index in [1.807, 2.05) is 26.0 Å². The summed E-state index contributed by atoms with van der Waals surface area (Å²) in [5, 5.41) is 14.4. The van der Waals surface area contributed by atoms with Crippen LogP contribution in [0, 0.1) is 0 Å². The first-order valence-electron chi connectivity index (χ1n) is 9.80. The molecule has 2 aromatic heterocycles. The second-order valence-electron chi connectivity index (χ2n) is 7.06. The maximum Gasteiger partial charge on any atom is 0.321 e. The van der Waals surface area contributed by atoms with E-state index in [-0.39, 0.29) is 17.7 Å². The fraction of sp³-hybridized carbons (Fsp3) is 0.579. The fourth-order valence-corrected chi connectivity index (χ4v) is 4.08. The Hall–Kier alpha value is -2.29. The number of furan rings is 1. The molecule has 152 valence electrons. The molecule has 1 fully saturated rings. The van der Waals surface area contributed by atoms with Crippen LogP contribution in [0.3, 0.4) is 0 Å². The molecular formula is C19H27N5O3S. The van der Waals surface area contributed by atoms with E-state index in [1.165, 1.54) is 31.0 Å². The molecule has 2 aromatic rings. The van der Waals surface area contributed by atoms with Crippen molar-refractivity contribution in [3.8, 4) is 11.6 Å². The van der Waals surface area contributed by atoms with Gasteiger partial charge in [-0.25, -0.2) is 4.79 Å². The van der Waals surface area contributed by atoms with Gasteiger partial charge in [0, 0.05) is 12.1 Å². The van der Waals surface area contributed by atoms with Crippen molar-refractivity contribution in [1.29, 1.82) is 0 Å². The number of urea groups is 1. The van der Waals surface area contributed by atoms with E-state index in [0.29, 0.717) is 22.8 Å². The molecule has 9 heteroatoms. The highest BCUT2D eigenvalue weighted by Gasteiger charge is 2.25. The maximum atomic E-state index is 12.2. The minimum atomic E-state index is -0.468. The van der Waals surface area contributed by atoms with Gasteiger partial charge in [-0.15, -0.1) is 10.2 Å². The number of thioether (sulfide) groups is 1. The zero-order chi connectivity index (χ0) is 19.9. The van der Waals surface area contributed by atoms with E-state index in [4.69, 9.17) is 4.42 Å². The molecule has 28 heavy (non-hydrogen) atoms. The molecule has 1 aliphatic rings. The Balaban J connectivity index is 1.68. The summed E-state index contributed by atoms with van der Waals surface area (Å²) in [4.78, 5) is 24.0. The van der Waals surface area contributed by atoms with Crippen LogP contribution >= 0.6 is 11.8 Å². The van der Waals surface area contributed by atoms with Crippen LogP contribution in [-0.4, -0.2) is 38.5 Å². The molecule has 0 radical (unpaired) electrons. The van der Waals surface area contributed by atoms with Crippen LogP contribution in [0.25, 0.3) is 11.6 Å². The predicted molar refractivity (Wildman–Crippen MR) is 107 cm³/mol. The molecule has 3 rings (SSSR count). The van der Waals surface area contributed by atoms with Gasteiger partial charge in [0.25, 0.3) is 0 Å². The van der Waals surface area contributed by atoms with Crippen LogP contribution < -0.4 is 10.6 Å². The third-order valence-corrected chi connectivity index (χ3v) is 5.86. The van der Waals surface area contributed by atoms with Gasteiger partial charge in [0.2, 0.25) is 11.7 Å². The van der Waals surface area contributed by atoms with Crippen LogP contribution in [0.2, 0.25) is 0 Å². The van der Waals surface area contributed by atoms with Crippen LogP contribution in [0.15, 0.2) is 28.0 Å². The average molecular weight is 406 g/mol. The summed E-state index contributed by atoms with van der Waals surface area (Å²) >= 11 is 1.29. The van der Waals surface area contributed by atoms with Crippen molar-refractivity contribution in [1.82, 2.24) is 25.4 Å². The van der Waals surface area contributed by atoms with E-state index in [9.17, 15) is 9.59 Å². The molecule has 2 N–H and O–H groups in total. The Labute approximate surface area is 168 Å². The molecule has 0 spiro atoms. The van der Waals surface area contributed by atoms with Crippen molar-refractivity contribution >= 4 is 23.7 Å². The summed E-state index contributed by atoms with van der Waals surface area (Å²) in [5.41, 5.74) is 0. The molecule has 3 amide bonds. The number of nitrogens with zero attached hydrogens (tertiary/aromatic N) is 3. The Morgan fingerprint density at radius 1 is 1.32 bits per heavy atom. The lowest BCUT2D eigenvalue weighted by Gasteiger charge is -2.25. The Morgan fingerprint density at radius 3 is 2.79 bits per heavy atom. The van der Waals surface area contributed by atoms with Gasteiger partial charge < -0.3 is 9.73 Å². The number of carbonyl (C=O) groups is 2. The molecular weight excluding hydrogens is 378 g/mol. The van der Waals surface area contributed by atoms with Crippen molar-refractivity contribution in [3.63, 3.8) is 0 Å². The van der Waals surface area contributed by atoms with Gasteiger partial charge in [-0.1, -0.05) is 37.9 Å². The number of imide groups is 1. The third-order valence-electron chi connectivity index (χ3n) is 4.92. The molecule has 2 heterocycles. The van der Waals surface area contributed by atoms with Gasteiger partial charge in [0.1, 0.15) is 0 Å². The van der Waals surface area contributed by atoms with Crippen LogP contribution in [0.5, 0.6) is 0 Å². The number of nitrogens with one attached hydrogen (secondary N) is 2. The van der Waals surface area contributed by atoms with Crippen molar-refractivity contribution < 1.29 is 14.0 Å². The van der Waals surface area contributed by atoms with Crippen LogP contribution in [0.4, 0.5) is 4.79 Å². The Kier molecular flexibility index (Phi) is 7.13. The van der Waals surface area contributed by atoms with Gasteiger partial charge in [-0.3, -0.25) is 14.7 Å². The molecule has 8 nitrogen and oxygen atoms in total. The summed E-state index contributed by atoms with van der Waals surface area (Å²) < 4.78 is 7.62. The van der Waals surface area contributed by atoms with E-state index in [1.54, 1.807) is 6.26 Å². The summed E-state index contributed by atoms with van der Waals surface area (Å²) in [6, 6.07) is 3.54. The Morgan fingerprint density at radius 2 is 2.11 bits per heavy atom. The van der Waals surface area contributed by atoms with Crippen LogP contribution in [0.1, 0.15) is 58.4 Å². The zero-order valence-corrected chi connectivity index (χ0v) is 17.1. The summed E-state index contributed by atoms with van der Waals surface area (Å²) in [5.74, 6) is 1.09. The highest BCUT2D eigenvalue weighted by Crippen LogP contribution is 2.35. The van der Waals surface area contributed by atoms with E-state index < -0.39 is 6.03 Å². The first-order valence-corrected chi connectivity index (χ1v) is 10.8. The first kappa shape index (κ1) is 20.4. The van der Waals surface area contributed by atoms with E-state index in [2.05, 4.69) is 25.4 Å². The molecule has 1 aliphatic carbocycles. The van der Waals surface area contributed by atoms with E-state index >= 15 is 0 Å². The van der Waals surface area contributed by atoms with Gasteiger partial charge >= 0.3 is 6.03 Å². The number of aromatic nitrogens is 3. The summed E-state index contributed by atoms with van der Waals surface area (Å²) in [6.45, 7) is 3.86. The summed E-state index contributed by atoms with van der Waals surface area (Å²) in [7, 11) is 0. The fourth-order valence-electron chi connectivity index (χ4n) is 3.27. The van der Waals surface area contributed by atoms with Crippen molar-refractivity contribution in [2.45, 2.75) is 69.6 Å². The lowest BCUT2D eigenvalue weighted by molar-refractivity contribution is -0.117. The van der Waals surface area contributed by atoms with Gasteiger partial charge in [-0.2, -0.15) is 0 Å². The molecule has 0 unspecified atom stereocenters. The third kappa shape index (κ3) is 5.15. The van der Waals surface area contributed by atoms with Gasteiger partial charge in [-0.05, 0) is 38.3 Å². The molecule has 1 atom stereocenters. The number of hydrogen-bond acceptors (Lipinski definition) is 6. The highest BCUT2D eigenvalue weighted by atomic mass is 32.2. The monoisotopic (exact) mass is 405 g/mol. The molecule has 0 bridgehead atoms. The van der Waals surface area contributed by atoms with Crippen LogP contribution in [-0.2, 0) is 4.79 Å².